The molecule has 2 heteroatoms. The monoisotopic (exact) mass is 229 g/mol. The standard InChI is InChI=1S/C15H19NO/c1-2-14(16)10-15(17)13-8-7-11-5-3-4-6-12(11)9-13/h3-9,14-15,17H,2,10,16H2,1H3. The summed E-state index contributed by atoms with van der Waals surface area (Å²) in [5.74, 6) is 0. The van der Waals surface area contributed by atoms with Crippen LogP contribution in [0.15, 0.2) is 42.5 Å². The number of nitrogens with two attached hydrogens (primary N) is 1. The highest BCUT2D eigenvalue weighted by Crippen LogP contribution is 2.23. The van der Waals surface area contributed by atoms with Gasteiger partial charge < -0.3 is 10.8 Å². The molecule has 0 aliphatic rings. The minimum atomic E-state index is -0.463. The molecule has 0 heterocycles. The lowest BCUT2D eigenvalue weighted by Crippen LogP contribution is -2.21. The van der Waals surface area contributed by atoms with Gasteiger partial charge in [0.1, 0.15) is 0 Å². The third-order valence-electron chi connectivity index (χ3n) is 3.21. The highest BCUT2D eigenvalue weighted by molar-refractivity contribution is 5.83. The van der Waals surface area contributed by atoms with Crippen molar-refractivity contribution in [2.24, 2.45) is 5.73 Å². The van der Waals surface area contributed by atoms with E-state index >= 15 is 0 Å². The first kappa shape index (κ1) is 12.1. The number of rotatable bonds is 4. The first-order valence-electron chi connectivity index (χ1n) is 6.13. The van der Waals surface area contributed by atoms with Crippen molar-refractivity contribution in [3.63, 3.8) is 0 Å². The molecule has 0 aliphatic carbocycles. The fourth-order valence-electron chi connectivity index (χ4n) is 2.00. The van der Waals surface area contributed by atoms with Crippen LogP contribution in [0, 0.1) is 0 Å². The van der Waals surface area contributed by atoms with E-state index in [-0.39, 0.29) is 6.04 Å². The van der Waals surface area contributed by atoms with Gasteiger partial charge in [-0.25, -0.2) is 0 Å². The lowest BCUT2D eigenvalue weighted by atomic mass is 9.98. The second-order valence-corrected chi connectivity index (χ2v) is 4.53. The Bertz CT molecular complexity index is 495. The quantitative estimate of drug-likeness (QED) is 0.846. The van der Waals surface area contributed by atoms with Crippen LogP contribution < -0.4 is 5.73 Å². The predicted molar refractivity (Wildman–Crippen MR) is 71.8 cm³/mol. The minimum absolute atomic E-state index is 0.0662. The van der Waals surface area contributed by atoms with E-state index < -0.39 is 6.10 Å². The van der Waals surface area contributed by atoms with E-state index in [0.717, 1.165) is 17.4 Å². The third kappa shape index (κ3) is 2.84. The van der Waals surface area contributed by atoms with Crippen molar-refractivity contribution in [3.05, 3.63) is 48.0 Å². The number of benzene rings is 2. The fraction of sp³-hybridized carbons (Fsp3) is 0.333. The largest absolute Gasteiger partial charge is 0.388 e. The molecule has 0 aliphatic heterocycles. The van der Waals surface area contributed by atoms with Crippen LogP contribution >= 0.6 is 0 Å². The first-order valence-corrected chi connectivity index (χ1v) is 6.13. The molecular weight excluding hydrogens is 210 g/mol. The summed E-state index contributed by atoms with van der Waals surface area (Å²) in [7, 11) is 0. The molecule has 2 nitrogen and oxygen atoms in total. The highest BCUT2D eigenvalue weighted by Gasteiger charge is 2.11. The first-order chi connectivity index (χ1) is 8.20. The van der Waals surface area contributed by atoms with Gasteiger partial charge in [-0.05, 0) is 35.2 Å². The zero-order valence-corrected chi connectivity index (χ0v) is 10.1. The van der Waals surface area contributed by atoms with Crippen LogP contribution in [0.2, 0.25) is 0 Å². The lowest BCUT2D eigenvalue weighted by molar-refractivity contribution is 0.157. The van der Waals surface area contributed by atoms with Gasteiger partial charge in [0.15, 0.2) is 0 Å². The second kappa shape index (κ2) is 5.30. The molecule has 0 fully saturated rings. The summed E-state index contributed by atoms with van der Waals surface area (Å²) in [4.78, 5) is 0. The van der Waals surface area contributed by atoms with Gasteiger partial charge in [0.25, 0.3) is 0 Å². The Morgan fingerprint density at radius 2 is 1.82 bits per heavy atom. The van der Waals surface area contributed by atoms with Gasteiger partial charge in [-0.2, -0.15) is 0 Å². The van der Waals surface area contributed by atoms with Crippen molar-refractivity contribution < 1.29 is 5.11 Å². The summed E-state index contributed by atoms with van der Waals surface area (Å²) in [6, 6.07) is 14.3. The molecule has 3 N–H and O–H groups in total. The molecule has 2 aromatic carbocycles. The molecule has 2 atom stereocenters. The summed E-state index contributed by atoms with van der Waals surface area (Å²) < 4.78 is 0. The average molecular weight is 229 g/mol. The Kier molecular flexibility index (Phi) is 3.77. The van der Waals surface area contributed by atoms with E-state index in [1.165, 1.54) is 5.39 Å². The molecule has 90 valence electrons. The molecule has 2 aromatic rings. The van der Waals surface area contributed by atoms with Crippen molar-refractivity contribution in [1.82, 2.24) is 0 Å². The molecule has 0 amide bonds. The Morgan fingerprint density at radius 3 is 2.53 bits per heavy atom. The van der Waals surface area contributed by atoms with E-state index in [0.29, 0.717) is 6.42 Å². The summed E-state index contributed by atoms with van der Waals surface area (Å²) in [6.45, 7) is 2.04. The van der Waals surface area contributed by atoms with Crippen LogP contribution in [0.1, 0.15) is 31.4 Å². The van der Waals surface area contributed by atoms with Gasteiger partial charge in [0.2, 0.25) is 0 Å². The summed E-state index contributed by atoms with van der Waals surface area (Å²) in [6.07, 6.45) is 1.05. The van der Waals surface area contributed by atoms with Crippen molar-refractivity contribution in [2.75, 3.05) is 0 Å². The maximum atomic E-state index is 10.1. The van der Waals surface area contributed by atoms with Gasteiger partial charge in [-0.1, -0.05) is 43.3 Å². The minimum Gasteiger partial charge on any atom is -0.388 e. The van der Waals surface area contributed by atoms with Gasteiger partial charge >= 0.3 is 0 Å². The van der Waals surface area contributed by atoms with Crippen molar-refractivity contribution in [1.29, 1.82) is 0 Å². The maximum Gasteiger partial charge on any atom is 0.0805 e. The lowest BCUT2D eigenvalue weighted by Gasteiger charge is -2.15. The van der Waals surface area contributed by atoms with Crippen molar-refractivity contribution >= 4 is 10.8 Å². The Balaban J connectivity index is 2.23. The number of fused-ring (bicyclic) bond motifs is 1. The number of hydrogen-bond acceptors (Lipinski definition) is 2. The van der Waals surface area contributed by atoms with Crippen LogP contribution in [0.25, 0.3) is 10.8 Å². The molecule has 2 rings (SSSR count). The van der Waals surface area contributed by atoms with E-state index in [4.69, 9.17) is 5.73 Å². The van der Waals surface area contributed by atoms with Gasteiger partial charge in [-0.15, -0.1) is 0 Å². The summed E-state index contributed by atoms with van der Waals surface area (Å²) in [5.41, 5.74) is 6.82. The number of aliphatic hydroxyl groups excluding tert-OH is 1. The predicted octanol–water partition coefficient (Wildman–Crippen LogP) is 3.00. The average Bonchev–Trinajstić information content (AvgIpc) is 2.38. The van der Waals surface area contributed by atoms with E-state index in [1.54, 1.807) is 0 Å². The normalized spacial score (nSPS) is 14.8. The topological polar surface area (TPSA) is 46.2 Å². The van der Waals surface area contributed by atoms with Crippen molar-refractivity contribution in [2.45, 2.75) is 31.9 Å². The molecule has 17 heavy (non-hydrogen) atoms. The van der Waals surface area contributed by atoms with Crippen LogP contribution in [-0.4, -0.2) is 11.1 Å². The number of aliphatic hydroxyl groups is 1. The van der Waals surface area contributed by atoms with Gasteiger partial charge in [0.05, 0.1) is 6.10 Å². The summed E-state index contributed by atoms with van der Waals surface area (Å²) in [5, 5.41) is 12.5. The number of hydrogen-bond donors (Lipinski definition) is 2. The highest BCUT2D eigenvalue weighted by atomic mass is 16.3. The summed E-state index contributed by atoms with van der Waals surface area (Å²) >= 11 is 0. The third-order valence-corrected chi connectivity index (χ3v) is 3.21. The van der Waals surface area contributed by atoms with E-state index in [9.17, 15) is 5.11 Å². The van der Waals surface area contributed by atoms with E-state index in [2.05, 4.69) is 12.1 Å². The Labute approximate surface area is 102 Å². The Hall–Kier alpha value is -1.38. The fourth-order valence-corrected chi connectivity index (χ4v) is 2.00. The molecular formula is C15H19NO. The molecule has 0 saturated carbocycles. The molecule has 0 saturated heterocycles. The Morgan fingerprint density at radius 1 is 1.12 bits per heavy atom. The zero-order chi connectivity index (χ0) is 12.3. The maximum absolute atomic E-state index is 10.1. The van der Waals surface area contributed by atoms with Crippen LogP contribution in [0.5, 0.6) is 0 Å². The SMILES string of the molecule is CCC(N)CC(O)c1ccc2ccccc2c1. The van der Waals surface area contributed by atoms with Gasteiger partial charge in [0, 0.05) is 6.04 Å². The van der Waals surface area contributed by atoms with Crippen LogP contribution in [-0.2, 0) is 0 Å². The van der Waals surface area contributed by atoms with Crippen LogP contribution in [0.3, 0.4) is 0 Å². The molecule has 2 unspecified atom stereocenters. The smallest absolute Gasteiger partial charge is 0.0805 e. The van der Waals surface area contributed by atoms with E-state index in [1.807, 2.05) is 37.3 Å². The van der Waals surface area contributed by atoms with Gasteiger partial charge in [-0.3, -0.25) is 0 Å². The van der Waals surface area contributed by atoms with Crippen LogP contribution in [0.4, 0.5) is 0 Å². The molecule has 0 radical (unpaired) electrons. The van der Waals surface area contributed by atoms with Crippen molar-refractivity contribution in [3.8, 4) is 0 Å². The molecule has 0 aromatic heterocycles. The zero-order valence-electron chi connectivity index (χ0n) is 10.1. The molecule has 0 spiro atoms. The molecule has 0 bridgehead atoms. The second-order valence-electron chi connectivity index (χ2n) is 4.53.